The standard InChI is InChI=1S/C11H8F3N3O4/c12-11(13,14)4-21-10(20)15-6-3-1-2-5-7(6)9(19)17-16-8(5)18/h1-3H,4H2,(H,15,20)(H,16,18)(H,17,19). The summed E-state index contributed by atoms with van der Waals surface area (Å²) in [6, 6.07) is 3.94. The van der Waals surface area contributed by atoms with E-state index < -0.39 is 30.0 Å². The third-order valence-electron chi connectivity index (χ3n) is 2.43. The van der Waals surface area contributed by atoms with E-state index in [1.165, 1.54) is 18.2 Å². The highest BCUT2D eigenvalue weighted by molar-refractivity contribution is 5.99. The SMILES string of the molecule is O=C(Nc1cccc2c(=O)[nH][nH]c(=O)c12)OCC(F)(F)F. The van der Waals surface area contributed by atoms with Crippen LogP contribution in [-0.2, 0) is 4.74 Å². The van der Waals surface area contributed by atoms with Gasteiger partial charge in [0.25, 0.3) is 11.1 Å². The summed E-state index contributed by atoms with van der Waals surface area (Å²) >= 11 is 0. The van der Waals surface area contributed by atoms with Crippen LogP contribution in [-0.4, -0.2) is 29.1 Å². The number of nitrogens with one attached hydrogen (secondary N) is 3. The summed E-state index contributed by atoms with van der Waals surface area (Å²) in [6.07, 6.45) is -6.05. The van der Waals surface area contributed by atoms with Crippen LogP contribution in [0.25, 0.3) is 10.8 Å². The molecule has 7 nitrogen and oxygen atoms in total. The van der Waals surface area contributed by atoms with Crippen LogP contribution >= 0.6 is 0 Å². The fourth-order valence-electron chi connectivity index (χ4n) is 1.63. The van der Waals surface area contributed by atoms with Crippen LogP contribution in [0.15, 0.2) is 27.8 Å². The first kappa shape index (κ1) is 14.6. The van der Waals surface area contributed by atoms with Crippen LogP contribution in [0, 0.1) is 0 Å². The molecule has 0 spiro atoms. The van der Waals surface area contributed by atoms with Crippen LogP contribution in [0.3, 0.4) is 0 Å². The molecule has 0 aliphatic rings. The Bertz CT molecular complexity index is 794. The Morgan fingerprint density at radius 2 is 1.86 bits per heavy atom. The number of amides is 1. The third kappa shape index (κ3) is 3.41. The summed E-state index contributed by atoms with van der Waals surface area (Å²) < 4.78 is 39.7. The molecule has 1 heterocycles. The summed E-state index contributed by atoms with van der Waals surface area (Å²) in [6.45, 7) is -1.76. The molecule has 10 heteroatoms. The number of hydrogen-bond acceptors (Lipinski definition) is 4. The molecule has 3 N–H and O–H groups in total. The number of alkyl halides is 3. The van der Waals surface area contributed by atoms with Gasteiger partial charge in [-0.3, -0.25) is 25.1 Å². The molecule has 0 saturated heterocycles. The van der Waals surface area contributed by atoms with Crippen molar-refractivity contribution in [3.63, 3.8) is 0 Å². The van der Waals surface area contributed by atoms with E-state index in [-0.39, 0.29) is 16.5 Å². The smallest absolute Gasteiger partial charge is 0.422 e. The fraction of sp³-hybridized carbons (Fsp3) is 0.182. The van der Waals surface area contributed by atoms with Crippen molar-refractivity contribution in [1.29, 1.82) is 0 Å². The average molecular weight is 303 g/mol. The van der Waals surface area contributed by atoms with E-state index in [0.29, 0.717) is 0 Å². The number of aromatic nitrogens is 2. The zero-order valence-corrected chi connectivity index (χ0v) is 10.2. The van der Waals surface area contributed by atoms with Crippen molar-refractivity contribution in [2.45, 2.75) is 6.18 Å². The minimum absolute atomic E-state index is 0.0210. The second kappa shape index (κ2) is 5.31. The molecular formula is C11H8F3N3O4. The molecule has 0 aliphatic heterocycles. The highest BCUT2D eigenvalue weighted by Gasteiger charge is 2.29. The largest absolute Gasteiger partial charge is 0.440 e. The topological polar surface area (TPSA) is 104 Å². The first-order valence-corrected chi connectivity index (χ1v) is 5.52. The maximum absolute atomic E-state index is 11.9. The number of fused-ring (bicyclic) bond motifs is 1. The lowest BCUT2D eigenvalue weighted by Gasteiger charge is -2.10. The van der Waals surface area contributed by atoms with Crippen molar-refractivity contribution >= 4 is 22.6 Å². The average Bonchev–Trinajstić information content (AvgIpc) is 2.40. The van der Waals surface area contributed by atoms with Gasteiger partial charge in [0.2, 0.25) is 0 Å². The van der Waals surface area contributed by atoms with E-state index in [2.05, 4.69) is 9.84 Å². The fourth-order valence-corrected chi connectivity index (χ4v) is 1.63. The molecule has 2 aromatic rings. The van der Waals surface area contributed by atoms with E-state index in [9.17, 15) is 27.6 Å². The van der Waals surface area contributed by atoms with Gasteiger partial charge in [-0.2, -0.15) is 13.2 Å². The highest BCUT2D eigenvalue weighted by Crippen LogP contribution is 2.18. The van der Waals surface area contributed by atoms with Gasteiger partial charge >= 0.3 is 12.3 Å². The van der Waals surface area contributed by atoms with Crippen LogP contribution in [0.5, 0.6) is 0 Å². The van der Waals surface area contributed by atoms with Gasteiger partial charge in [-0.1, -0.05) is 6.07 Å². The summed E-state index contributed by atoms with van der Waals surface area (Å²) in [5.74, 6) is 0. The third-order valence-corrected chi connectivity index (χ3v) is 2.43. The Morgan fingerprint density at radius 1 is 1.19 bits per heavy atom. The van der Waals surface area contributed by atoms with Gasteiger partial charge in [0.1, 0.15) is 0 Å². The van der Waals surface area contributed by atoms with E-state index in [0.717, 1.165) is 0 Å². The number of ether oxygens (including phenoxy) is 1. The number of halogens is 3. The Hall–Kier alpha value is -2.78. The molecular weight excluding hydrogens is 295 g/mol. The van der Waals surface area contributed by atoms with Gasteiger partial charge in [0.05, 0.1) is 16.5 Å². The molecule has 0 unspecified atom stereocenters. The van der Waals surface area contributed by atoms with Gasteiger partial charge in [0.15, 0.2) is 6.61 Å². The molecule has 2 rings (SSSR count). The van der Waals surface area contributed by atoms with E-state index >= 15 is 0 Å². The van der Waals surface area contributed by atoms with Crippen molar-refractivity contribution in [3.8, 4) is 0 Å². The van der Waals surface area contributed by atoms with Crippen molar-refractivity contribution in [2.75, 3.05) is 11.9 Å². The van der Waals surface area contributed by atoms with Gasteiger partial charge in [0, 0.05) is 0 Å². The van der Waals surface area contributed by atoms with E-state index in [1.54, 1.807) is 0 Å². The summed E-state index contributed by atoms with van der Waals surface area (Å²) in [5.41, 5.74) is -1.46. The number of anilines is 1. The summed E-state index contributed by atoms with van der Waals surface area (Å²) in [5, 5.41) is 5.94. The predicted octanol–water partition coefficient (Wildman–Crippen LogP) is 1.33. The Balaban J connectivity index is 2.31. The van der Waals surface area contributed by atoms with E-state index in [1.807, 2.05) is 10.4 Å². The highest BCUT2D eigenvalue weighted by atomic mass is 19.4. The Morgan fingerprint density at radius 3 is 2.52 bits per heavy atom. The van der Waals surface area contributed by atoms with Gasteiger partial charge in [-0.25, -0.2) is 4.79 Å². The number of benzene rings is 1. The molecule has 0 fully saturated rings. The predicted molar refractivity (Wildman–Crippen MR) is 66.2 cm³/mol. The molecule has 1 aromatic carbocycles. The molecule has 0 saturated carbocycles. The Kier molecular flexibility index (Phi) is 3.70. The van der Waals surface area contributed by atoms with Crippen LogP contribution < -0.4 is 16.4 Å². The molecule has 0 radical (unpaired) electrons. The first-order valence-electron chi connectivity index (χ1n) is 5.52. The van der Waals surface area contributed by atoms with Crippen molar-refractivity contribution < 1.29 is 22.7 Å². The number of rotatable bonds is 2. The van der Waals surface area contributed by atoms with Gasteiger partial charge < -0.3 is 4.74 Å². The quantitative estimate of drug-likeness (QED) is 0.778. The lowest BCUT2D eigenvalue weighted by atomic mass is 10.1. The van der Waals surface area contributed by atoms with E-state index in [4.69, 9.17) is 0 Å². The van der Waals surface area contributed by atoms with Crippen molar-refractivity contribution in [2.24, 2.45) is 0 Å². The molecule has 0 bridgehead atoms. The number of aromatic amines is 2. The number of hydrogen-bond donors (Lipinski definition) is 3. The number of H-pyrrole nitrogens is 2. The monoisotopic (exact) mass is 303 g/mol. The summed E-state index contributed by atoms with van der Waals surface area (Å²) in [4.78, 5) is 34.4. The second-order valence-corrected chi connectivity index (χ2v) is 3.95. The first-order chi connectivity index (χ1) is 9.78. The Labute approximate surface area is 113 Å². The zero-order valence-electron chi connectivity index (χ0n) is 10.2. The molecule has 0 aliphatic carbocycles. The minimum Gasteiger partial charge on any atom is -0.440 e. The van der Waals surface area contributed by atoms with Crippen LogP contribution in [0.1, 0.15) is 0 Å². The summed E-state index contributed by atoms with van der Waals surface area (Å²) in [7, 11) is 0. The molecule has 1 aromatic heterocycles. The maximum atomic E-state index is 11.9. The van der Waals surface area contributed by atoms with Gasteiger partial charge in [-0.15, -0.1) is 0 Å². The lowest BCUT2D eigenvalue weighted by molar-refractivity contribution is -0.159. The van der Waals surface area contributed by atoms with Gasteiger partial charge in [-0.05, 0) is 12.1 Å². The van der Waals surface area contributed by atoms with Crippen molar-refractivity contribution in [1.82, 2.24) is 10.2 Å². The van der Waals surface area contributed by atoms with Crippen molar-refractivity contribution in [3.05, 3.63) is 38.9 Å². The molecule has 1 amide bonds. The maximum Gasteiger partial charge on any atom is 0.422 e. The molecule has 21 heavy (non-hydrogen) atoms. The second-order valence-electron chi connectivity index (χ2n) is 3.95. The number of carbonyl (C=O) groups is 1. The molecule has 0 atom stereocenters. The van der Waals surface area contributed by atoms with Crippen LogP contribution in [0.2, 0.25) is 0 Å². The number of carbonyl (C=O) groups excluding carboxylic acids is 1. The minimum atomic E-state index is -4.66. The zero-order chi connectivity index (χ0) is 15.6. The van der Waals surface area contributed by atoms with Crippen LogP contribution in [0.4, 0.5) is 23.7 Å². The lowest BCUT2D eigenvalue weighted by Crippen LogP contribution is -2.25. The molecule has 112 valence electrons. The normalized spacial score (nSPS) is 11.4.